The molecule has 0 aromatic rings. The molecule has 0 spiro atoms. The zero-order chi connectivity index (χ0) is 8.54. The first kappa shape index (κ1) is 9.05. The molecule has 1 heteroatoms. The van der Waals surface area contributed by atoms with Gasteiger partial charge in [-0.2, -0.15) is 0 Å². The van der Waals surface area contributed by atoms with Gasteiger partial charge in [0.15, 0.2) is 0 Å². The second-order valence-electron chi connectivity index (χ2n) is 4.79. The first-order valence-electron chi connectivity index (χ1n) is 4.71. The largest absolute Gasteiger partial charge is 0.314 e. The molecule has 11 heavy (non-hydrogen) atoms. The smallest absolute Gasteiger partial charge is 0.0226 e. The van der Waals surface area contributed by atoms with Crippen LogP contribution in [0.5, 0.6) is 0 Å². The Morgan fingerprint density at radius 2 is 1.55 bits per heavy atom. The Labute approximate surface area is 70.6 Å². The summed E-state index contributed by atoms with van der Waals surface area (Å²) < 4.78 is 0. The first-order valence-corrected chi connectivity index (χ1v) is 4.71. The lowest BCUT2D eigenvalue weighted by atomic mass is 9.72. The average molecular weight is 155 g/mol. The van der Waals surface area contributed by atoms with Gasteiger partial charge in [-0.1, -0.05) is 33.6 Å². The van der Waals surface area contributed by atoms with E-state index in [0.717, 1.165) is 0 Å². The van der Waals surface area contributed by atoms with E-state index in [9.17, 15) is 0 Å². The third-order valence-corrected chi connectivity index (χ3v) is 3.37. The fraction of sp³-hybridized carbons (Fsp3) is 1.00. The Morgan fingerprint density at radius 3 is 1.73 bits per heavy atom. The molecule has 1 aliphatic carbocycles. The highest BCUT2D eigenvalue weighted by molar-refractivity contribution is 5.00. The highest BCUT2D eigenvalue weighted by Crippen LogP contribution is 2.42. The van der Waals surface area contributed by atoms with Crippen molar-refractivity contribution in [1.29, 1.82) is 0 Å². The van der Waals surface area contributed by atoms with Crippen molar-refractivity contribution in [3.05, 3.63) is 0 Å². The zero-order valence-electron chi connectivity index (χ0n) is 8.33. The van der Waals surface area contributed by atoms with Crippen LogP contribution in [0.2, 0.25) is 0 Å². The van der Waals surface area contributed by atoms with Gasteiger partial charge in [-0.05, 0) is 25.3 Å². The molecule has 1 N–H and O–H groups in total. The lowest BCUT2D eigenvalue weighted by molar-refractivity contribution is 0.153. The SMILES string of the molecule is CNC1(C(C)(C)C)CCCC1. The van der Waals surface area contributed by atoms with Gasteiger partial charge in [0.05, 0.1) is 0 Å². The van der Waals surface area contributed by atoms with Crippen LogP contribution in [0.1, 0.15) is 46.5 Å². The Bertz CT molecular complexity index is 126. The second-order valence-corrected chi connectivity index (χ2v) is 4.79. The molecule has 0 unspecified atom stereocenters. The molecular weight excluding hydrogens is 134 g/mol. The highest BCUT2D eigenvalue weighted by Gasteiger charge is 2.42. The van der Waals surface area contributed by atoms with E-state index in [4.69, 9.17) is 0 Å². The molecule has 0 aromatic carbocycles. The van der Waals surface area contributed by atoms with E-state index in [1.807, 2.05) is 0 Å². The third-order valence-electron chi connectivity index (χ3n) is 3.37. The van der Waals surface area contributed by atoms with Crippen molar-refractivity contribution in [3.63, 3.8) is 0 Å². The number of nitrogens with one attached hydrogen (secondary N) is 1. The van der Waals surface area contributed by atoms with Crippen molar-refractivity contribution in [2.75, 3.05) is 7.05 Å². The molecule has 66 valence electrons. The quantitative estimate of drug-likeness (QED) is 0.613. The van der Waals surface area contributed by atoms with Gasteiger partial charge in [-0.15, -0.1) is 0 Å². The van der Waals surface area contributed by atoms with Crippen molar-refractivity contribution in [2.24, 2.45) is 5.41 Å². The van der Waals surface area contributed by atoms with Crippen LogP contribution in [0.4, 0.5) is 0 Å². The first-order chi connectivity index (χ1) is 5.02. The Hall–Kier alpha value is -0.0400. The topological polar surface area (TPSA) is 12.0 Å². The summed E-state index contributed by atoms with van der Waals surface area (Å²) >= 11 is 0. The van der Waals surface area contributed by atoms with Crippen LogP contribution in [-0.4, -0.2) is 12.6 Å². The lowest BCUT2D eigenvalue weighted by Crippen LogP contribution is -2.51. The van der Waals surface area contributed by atoms with Crippen LogP contribution in [-0.2, 0) is 0 Å². The zero-order valence-corrected chi connectivity index (χ0v) is 8.33. The molecule has 1 rings (SSSR count). The van der Waals surface area contributed by atoms with Crippen LogP contribution in [0.15, 0.2) is 0 Å². The van der Waals surface area contributed by atoms with E-state index >= 15 is 0 Å². The van der Waals surface area contributed by atoms with E-state index in [1.54, 1.807) is 0 Å². The maximum absolute atomic E-state index is 3.52. The fourth-order valence-corrected chi connectivity index (χ4v) is 2.35. The number of rotatable bonds is 1. The molecule has 0 amide bonds. The van der Waals surface area contributed by atoms with Gasteiger partial charge < -0.3 is 5.32 Å². The molecule has 1 fully saturated rings. The lowest BCUT2D eigenvalue weighted by Gasteiger charge is -2.42. The van der Waals surface area contributed by atoms with Gasteiger partial charge in [-0.3, -0.25) is 0 Å². The predicted molar refractivity (Wildman–Crippen MR) is 49.7 cm³/mol. The summed E-state index contributed by atoms with van der Waals surface area (Å²) in [4.78, 5) is 0. The Kier molecular flexibility index (Phi) is 2.29. The molecule has 0 aliphatic heterocycles. The summed E-state index contributed by atoms with van der Waals surface area (Å²) in [7, 11) is 2.11. The highest BCUT2D eigenvalue weighted by atomic mass is 15.0. The molecule has 1 saturated carbocycles. The predicted octanol–water partition coefficient (Wildman–Crippen LogP) is 2.56. The van der Waals surface area contributed by atoms with Gasteiger partial charge in [-0.25, -0.2) is 0 Å². The minimum atomic E-state index is 0.415. The van der Waals surface area contributed by atoms with E-state index < -0.39 is 0 Å². The molecule has 1 nitrogen and oxygen atoms in total. The summed E-state index contributed by atoms with van der Waals surface area (Å²) in [6.45, 7) is 7.03. The minimum Gasteiger partial charge on any atom is -0.314 e. The maximum atomic E-state index is 3.52. The average Bonchev–Trinajstić information content (AvgIpc) is 2.33. The van der Waals surface area contributed by atoms with Crippen molar-refractivity contribution in [3.8, 4) is 0 Å². The third kappa shape index (κ3) is 1.44. The van der Waals surface area contributed by atoms with Crippen LogP contribution in [0.25, 0.3) is 0 Å². The molecule has 0 radical (unpaired) electrons. The number of hydrogen-bond acceptors (Lipinski definition) is 1. The Morgan fingerprint density at radius 1 is 1.09 bits per heavy atom. The Balaban J connectivity index is 2.75. The molecule has 0 aromatic heterocycles. The fourth-order valence-electron chi connectivity index (χ4n) is 2.35. The van der Waals surface area contributed by atoms with Crippen LogP contribution in [0, 0.1) is 5.41 Å². The molecule has 0 bridgehead atoms. The normalized spacial score (nSPS) is 24.0. The monoisotopic (exact) mass is 155 g/mol. The molecular formula is C10H21N. The van der Waals surface area contributed by atoms with Crippen molar-refractivity contribution in [2.45, 2.75) is 52.0 Å². The molecule has 0 saturated heterocycles. The van der Waals surface area contributed by atoms with Crippen molar-refractivity contribution in [1.82, 2.24) is 5.32 Å². The molecule has 0 heterocycles. The maximum Gasteiger partial charge on any atom is 0.0226 e. The van der Waals surface area contributed by atoms with Gasteiger partial charge >= 0.3 is 0 Å². The van der Waals surface area contributed by atoms with Crippen LogP contribution < -0.4 is 5.32 Å². The summed E-state index contributed by atoms with van der Waals surface area (Å²) in [5.74, 6) is 0. The molecule has 0 atom stereocenters. The number of hydrogen-bond donors (Lipinski definition) is 1. The van der Waals surface area contributed by atoms with E-state index in [2.05, 4.69) is 33.1 Å². The van der Waals surface area contributed by atoms with Crippen LogP contribution >= 0.6 is 0 Å². The summed E-state index contributed by atoms with van der Waals surface area (Å²) in [6.07, 6.45) is 5.51. The standard InChI is InChI=1S/C10H21N/c1-9(2,3)10(11-4)7-5-6-8-10/h11H,5-8H2,1-4H3. The summed E-state index contributed by atoms with van der Waals surface area (Å²) in [6, 6.07) is 0. The van der Waals surface area contributed by atoms with Gasteiger partial charge in [0.25, 0.3) is 0 Å². The second kappa shape index (κ2) is 2.78. The van der Waals surface area contributed by atoms with Crippen molar-refractivity contribution < 1.29 is 0 Å². The van der Waals surface area contributed by atoms with Gasteiger partial charge in [0, 0.05) is 5.54 Å². The van der Waals surface area contributed by atoms with E-state index in [0.29, 0.717) is 11.0 Å². The van der Waals surface area contributed by atoms with E-state index in [-0.39, 0.29) is 0 Å². The summed E-state index contributed by atoms with van der Waals surface area (Å²) in [5.41, 5.74) is 0.839. The van der Waals surface area contributed by atoms with Gasteiger partial charge in [0.1, 0.15) is 0 Å². The molecule has 1 aliphatic rings. The van der Waals surface area contributed by atoms with Crippen molar-refractivity contribution >= 4 is 0 Å². The van der Waals surface area contributed by atoms with Crippen LogP contribution in [0.3, 0.4) is 0 Å². The summed E-state index contributed by atoms with van der Waals surface area (Å²) in [5, 5.41) is 3.52. The van der Waals surface area contributed by atoms with E-state index in [1.165, 1.54) is 25.7 Å². The van der Waals surface area contributed by atoms with Gasteiger partial charge in [0.2, 0.25) is 0 Å². The minimum absolute atomic E-state index is 0.415.